The molecule has 0 bridgehead atoms. The van der Waals surface area contributed by atoms with Crippen LogP contribution in [0.15, 0.2) is 24.3 Å². The summed E-state index contributed by atoms with van der Waals surface area (Å²) in [5.74, 6) is -0.324. The standard InChI is InChI=1S/C8H11NO2/c1-7(10)9(11)8-5-3-2-4-6-8/h2-5,8,11H,6H2,1H3. The van der Waals surface area contributed by atoms with Gasteiger partial charge in [0.15, 0.2) is 0 Å². The highest BCUT2D eigenvalue weighted by Crippen LogP contribution is 2.08. The van der Waals surface area contributed by atoms with Crippen molar-refractivity contribution in [1.82, 2.24) is 5.06 Å². The van der Waals surface area contributed by atoms with Crippen LogP contribution >= 0.6 is 0 Å². The average molecular weight is 153 g/mol. The molecule has 0 spiro atoms. The van der Waals surface area contributed by atoms with Crippen LogP contribution < -0.4 is 0 Å². The summed E-state index contributed by atoms with van der Waals surface area (Å²) in [5, 5.41) is 9.90. The second kappa shape index (κ2) is 3.34. The molecule has 0 heterocycles. The number of hydroxylamine groups is 2. The van der Waals surface area contributed by atoms with Crippen LogP contribution in [-0.2, 0) is 4.79 Å². The first-order chi connectivity index (χ1) is 5.22. The lowest BCUT2D eigenvalue weighted by molar-refractivity contribution is -0.168. The van der Waals surface area contributed by atoms with Crippen LogP contribution in [0.4, 0.5) is 0 Å². The first-order valence-electron chi connectivity index (χ1n) is 3.54. The van der Waals surface area contributed by atoms with Crippen molar-refractivity contribution in [2.75, 3.05) is 0 Å². The Morgan fingerprint density at radius 3 is 2.82 bits per heavy atom. The van der Waals surface area contributed by atoms with Gasteiger partial charge < -0.3 is 0 Å². The van der Waals surface area contributed by atoms with E-state index in [4.69, 9.17) is 5.21 Å². The number of rotatable bonds is 1. The minimum atomic E-state index is -0.324. The van der Waals surface area contributed by atoms with Gasteiger partial charge in [0, 0.05) is 6.92 Å². The third-order valence-electron chi connectivity index (χ3n) is 1.59. The van der Waals surface area contributed by atoms with Gasteiger partial charge in [0.1, 0.15) is 0 Å². The number of carbonyl (C=O) groups is 1. The Labute approximate surface area is 65.6 Å². The number of allylic oxidation sites excluding steroid dienone is 2. The van der Waals surface area contributed by atoms with E-state index in [9.17, 15) is 4.79 Å². The summed E-state index contributed by atoms with van der Waals surface area (Å²) in [7, 11) is 0. The van der Waals surface area contributed by atoms with E-state index in [1.807, 2.05) is 18.2 Å². The topological polar surface area (TPSA) is 40.5 Å². The van der Waals surface area contributed by atoms with Crippen molar-refractivity contribution in [3.63, 3.8) is 0 Å². The lowest BCUT2D eigenvalue weighted by atomic mass is 10.1. The maximum Gasteiger partial charge on any atom is 0.243 e. The van der Waals surface area contributed by atoms with Crippen molar-refractivity contribution >= 4 is 5.91 Å². The molecular formula is C8H11NO2. The van der Waals surface area contributed by atoms with Gasteiger partial charge in [-0.3, -0.25) is 10.0 Å². The second-order valence-corrected chi connectivity index (χ2v) is 2.48. The smallest absolute Gasteiger partial charge is 0.243 e. The van der Waals surface area contributed by atoms with Crippen molar-refractivity contribution in [1.29, 1.82) is 0 Å². The molecule has 3 nitrogen and oxygen atoms in total. The van der Waals surface area contributed by atoms with Crippen LogP contribution in [0.5, 0.6) is 0 Å². The Morgan fingerprint density at radius 1 is 1.64 bits per heavy atom. The predicted octanol–water partition coefficient (Wildman–Crippen LogP) is 1.11. The zero-order chi connectivity index (χ0) is 8.27. The molecule has 0 aliphatic heterocycles. The highest BCUT2D eigenvalue weighted by molar-refractivity contribution is 5.72. The largest absolute Gasteiger partial charge is 0.285 e. The first kappa shape index (κ1) is 8.01. The molecule has 1 atom stereocenters. The van der Waals surface area contributed by atoms with Crippen molar-refractivity contribution in [3.05, 3.63) is 24.3 Å². The van der Waals surface area contributed by atoms with Gasteiger partial charge in [0.25, 0.3) is 0 Å². The van der Waals surface area contributed by atoms with E-state index in [0.29, 0.717) is 6.42 Å². The van der Waals surface area contributed by atoms with Crippen LogP contribution in [0.3, 0.4) is 0 Å². The average Bonchev–Trinajstić information content (AvgIpc) is 2.05. The molecule has 1 unspecified atom stereocenters. The van der Waals surface area contributed by atoms with Gasteiger partial charge in [-0.1, -0.05) is 24.3 Å². The summed E-state index contributed by atoms with van der Waals surface area (Å²) in [6.07, 6.45) is 8.11. The number of hydrogen-bond acceptors (Lipinski definition) is 2. The number of amides is 1. The molecule has 1 rings (SSSR count). The summed E-state index contributed by atoms with van der Waals surface area (Å²) in [6, 6.07) is -0.183. The molecule has 0 aromatic rings. The van der Waals surface area contributed by atoms with E-state index in [1.165, 1.54) is 6.92 Å². The van der Waals surface area contributed by atoms with Crippen molar-refractivity contribution < 1.29 is 10.0 Å². The van der Waals surface area contributed by atoms with E-state index < -0.39 is 0 Å². The zero-order valence-electron chi connectivity index (χ0n) is 6.40. The van der Waals surface area contributed by atoms with Gasteiger partial charge in [0.2, 0.25) is 5.91 Å². The molecule has 0 aromatic carbocycles. The van der Waals surface area contributed by atoms with Crippen molar-refractivity contribution in [2.24, 2.45) is 0 Å². The lowest BCUT2D eigenvalue weighted by Gasteiger charge is -2.21. The number of carbonyl (C=O) groups excluding carboxylic acids is 1. The third-order valence-corrected chi connectivity index (χ3v) is 1.59. The Balaban J connectivity index is 2.55. The van der Waals surface area contributed by atoms with E-state index >= 15 is 0 Å². The quantitative estimate of drug-likeness (QED) is 0.453. The monoisotopic (exact) mass is 153 g/mol. The summed E-state index contributed by atoms with van der Waals surface area (Å²) < 4.78 is 0. The fraction of sp³-hybridized carbons (Fsp3) is 0.375. The molecule has 0 radical (unpaired) electrons. The summed E-state index contributed by atoms with van der Waals surface area (Å²) in [4.78, 5) is 10.7. The minimum Gasteiger partial charge on any atom is -0.285 e. The Kier molecular flexibility index (Phi) is 2.44. The molecule has 0 aromatic heterocycles. The Morgan fingerprint density at radius 2 is 2.36 bits per heavy atom. The van der Waals surface area contributed by atoms with Gasteiger partial charge in [-0.15, -0.1) is 0 Å². The SMILES string of the molecule is CC(=O)N(O)C1C=CC=CC1. The molecule has 0 fully saturated rings. The normalized spacial score (nSPS) is 21.8. The molecule has 1 N–H and O–H groups in total. The predicted molar refractivity (Wildman–Crippen MR) is 41.0 cm³/mol. The molecule has 3 heteroatoms. The number of hydrogen-bond donors (Lipinski definition) is 1. The summed E-state index contributed by atoms with van der Waals surface area (Å²) >= 11 is 0. The molecule has 1 aliphatic rings. The first-order valence-corrected chi connectivity index (χ1v) is 3.54. The maximum atomic E-state index is 10.7. The van der Waals surface area contributed by atoms with E-state index in [-0.39, 0.29) is 11.9 Å². The summed E-state index contributed by atoms with van der Waals surface area (Å²) in [5.41, 5.74) is 0. The van der Waals surface area contributed by atoms with Gasteiger partial charge in [-0.05, 0) is 6.42 Å². The summed E-state index contributed by atoms with van der Waals surface area (Å²) in [6.45, 7) is 1.34. The molecule has 11 heavy (non-hydrogen) atoms. The second-order valence-electron chi connectivity index (χ2n) is 2.48. The van der Waals surface area contributed by atoms with Crippen LogP contribution in [0.25, 0.3) is 0 Å². The van der Waals surface area contributed by atoms with Crippen molar-refractivity contribution in [3.8, 4) is 0 Å². The maximum absolute atomic E-state index is 10.7. The number of nitrogens with zero attached hydrogens (tertiary/aromatic N) is 1. The molecule has 1 amide bonds. The Hall–Kier alpha value is -1.09. The Bertz CT molecular complexity index is 208. The molecular weight excluding hydrogens is 142 g/mol. The van der Waals surface area contributed by atoms with Gasteiger partial charge >= 0.3 is 0 Å². The van der Waals surface area contributed by atoms with Gasteiger partial charge in [-0.25, -0.2) is 5.06 Å². The highest BCUT2D eigenvalue weighted by Gasteiger charge is 2.15. The molecule has 0 saturated carbocycles. The third kappa shape index (κ3) is 1.91. The van der Waals surface area contributed by atoms with Crippen LogP contribution in [-0.4, -0.2) is 22.2 Å². The zero-order valence-corrected chi connectivity index (χ0v) is 6.40. The van der Waals surface area contributed by atoms with E-state index in [2.05, 4.69) is 0 Å². The highest BCUT2D eigenvalue weighted by atomic mass is 16.5. The van der Waals surface area contributed by atoms with Crippen LogP contribution in [0.2, 0.25) is 0 Å². The van der Waals surface area contributed by atoms with Crippen molar-refractivity contribution in [2.45, 2.75) is 19.4 Å². The van der Waals surface area contributed by atoms with Crippen LogP contribution in [0.1, 0.15) is 13.3 Å². The van der Waals surface area contributed by atoms with Gasteiger partial charge in [0.05, 0.1) is 6.04 Å². The van der Waals surface area contributed by atoms with E-state index in [1.54, 1.807) is 6.08 Å². The molecule has 0 saturated heterocycles. The van der Waals surface area contributed by atoms with Gasteiger partial charge in [-0.2, -0.15) is 0 Å². The minimum absolute atomic E-state index is 0.183. The molecule has 1 aliphatic carbocycles. The fourth-order valence-electron chi connectivity index (χ4n) is 0.982. The van der Waals surface area contributed by atoms with E-state index in [0.717, 1.165) is 5.06 Å². The van der Waals surface area contributed by atoms with Crippen LogP contribution in [0, 0.1) is 0 Å². The molecule has 60 valence electrons. The lowest BCUT2D eigenvalue weighted by Crippen LogP contribution is -2.34. The fourth-order valence-corrected chi connectivity index (χ4v) is 0.982.